The molecule has 1 unspecified atom stereocenters. The van der Waals surface area contributed by atoms with E-state index in [-0.39, 0.29) is 29.5 Å². The van der Waals surface area contributed by atoms with Crippen molar-refractivity contribution >= 4 is 17.5 Å². The highest BCUT2D eigenvalue weighted by atomic mass is 35.5. The zero-order valence-corrected chi connectivity index (χ0v) is 15.9. The highest BCUT2D eigenvalue weighted by Crippen LogP contribution is 2.20. The third-order valence-electron chi connectivity index (χ3n) is 3.67. The third-order valence-corrected chi connectivity index (χ3v) is 3.98. The van der Waals surface area contributed by atoms with Crippen LogP contribution in [-0.2, 0) is 16.1 Å². The van der Waals surface area contributed by atoms with Crippen LogP contribution in [0.15, 0.2) is 73.1 Å². The topological polar surface area (TPSA) is 67.8 Å². The normalized spacial score (nSPS) is 11.4. The number of ether oxygens (including phenoxy) is 2. The lowest BCUT2D eigenvalue weighted by Gasteiger charge is -2.17. The summed E-state index contributed by atoms with van der Waals surface area (Å²) in [7, 11) is 0. The van der Waals surface area contributed by atoms with Crippen molar-refractivity contribution in [1.29, 1.82) is 0 Å². The second-order valence-electron chi connectivity index (χ2n) is 5.97. The number of carbonyl (C=O) groups is 1. The minimum atomic E-state index is -1.07. The number of benzene rings is 2. The summed E-state index contributed by atoms with van der Waals surface area (Å²) < 4.78 is 24.0. The van der Waals surface area contributed by atoms with Crippen molar-refractivity contribution in [2.75, 3.05) is 6.61 Å². The Morgan fingerprint density at radius 1 is 1.21 bits per heavy atom. The first-order valence-corrected chi connectivity index (χ1v) is 8.82. The molecule has 0 saturated heterocycles. The summed E-state index contributed by atoms with van der Waals surface area (Å²) in [5, 5.41) is 12.5. The quantitative estimate of drug-likeness (QED) is 0.587. The Kier molecular flexibility index (Phi) is 8.04. The number of hydrogen-bond acceptors (Lipinski definition) is 4. The summed E-state index contributed by atoms with van der Waals surface area (Å²) in [6, 6.07) is 13.4. The molecular formula is C21H21ClFNO4. The second kappa shape index (κ2) is 10.5. The third kappa shape index (κ3) is 7.06. The maximum atomic E-state index is 13.3. The fraction of sp³-hybridized carbons (Fsp3) is 0.190. The Morgan fingerprint density at radius 2 is 1.93 bits per heavy atom. The Morgan fingerprint density at radius 3 is 2.61 bits per heavy atom. The summed E-state index contributed by atoms with van der Waals surface area (Å²) in [5.74, 6) is -0.672. The van der Waals surface area contributed by atoms with E-state index in [9.17, 15) is 14.3 Å². The Labute approximate surface area is 168 Å². The Bertz CT molecular complexity index is 842. The van der Waals surface area contributed by atoms with Crippen molar-refractivity contribution in [2.45, 2.75) is 19.1 Å². The van der Waals surface area contributed by atoms with E-state index in [0.717, 1.165) is 11.6 Å². The lowest BCUT2D eigenvalue weighted by Crippen LogP contribution is -2.33. The second-order valence-corrected chi connectivity index (χ2v) is 6.38. The number of amides is 1. The Balaban J connectivity index is 1.72. The van der Waals surface area contributed by atoms with Gasteiger partial charge in [-0.2, -0.15) is 0 Å². The van der Waals surface area contributed by atoms with Crippen LogP contribution in [-0.4, -0.2) is 23.7 Å². The van der Waals surface area contributed by atoms with Gasteiger partial charge in [-0.15, -0.1) is 0 Å². The van der Waals surface area contributed by atoms with Gasteiger partial charge in [-0.1, -0.05) is 55.1 Å². The van der Waals surface area contributed by atoms with Crippen LogP contribution in [0.2, 0.25) is 5.02 Å². The van der Waals surface area contributed by atoms with Gasteiger partial charge in [-0.25, -0.2) is 4.39 Å². The van der Waals surface area contributed by atoms with Gasteiger partial charge in [0.1, 0.15) is 24.3 Å². The van der Waals surface area contributed by atoms with Gasteiger partial charge < -0.3 is 19.9 Å². The standard InChI is InChI=1S/C21H21ClFNO4/c1-14(27-12-16-6-4-3-5-7-16)10-20(25)15(2)24-21(26)13-28-17-8-9-18(22)19(23)11-17/h3-9,11,20,25H,1-2,10,12-13H2,(H,24,26). The van der Waals surface area contributed by atoms with Crippen LogP contribution < -0.4 is 10.1 Å². The first-order chi connectivity index (χ1) is 13.3. The molecule has 2 aromatic carbocycles. The van der Waals surface area contributed by atoms with Crippen LogP contribution in [0.5, 0.6) is 5.75 Å². The van der Waals surface area contributed by atoms with E-state index in [1.807, 2.05) is 30.3 Å². The fourth-order valence-electron chi connectivity index (χ4n) is 2.17. The molecule has 0 aliphatic rings. The van der Waals surface area contributed by atoms with Crippen molar-refractivity contribution in [1.82, 2.24) is 5.32 Å². The first-order valence-electron chi connectivity index (χ1n) is 8.44. The molecule has 1 atom stereocenters. The molecule has 0 heterocycles. The molecule has 148 valence electrons. The fourth-order valence-corrected chi connectivity index (χ4v) is 2.29. The summed E-state index contributed by atoms with van der Waals surface area (Å²) in [6.45, 7) is 7.34. The monoisotopic (exact) mass is 405 g/mol. The molecule has 2 rings (SSSR count). The molecule has 0 aromatic heterocycles. The van der Waals surface area contributed by atoms with Crippen molar-refractivity contribution < 1.29 is 23.8 Å². The van der Waals surface area contributed by atoms with E-state index >= 15 is 0 Å². The minimum Gasteiger partial charge on any atom is -0.494 e. The van der Waals surface area contributed by atoms with Gasteiger partial charge in [0.15, 0.2) is 6.61 Å². The molecule has 2 aromatic rings. The number of rotatable bonds is 10. The zero-order valence-electron chi connectivity index (χ0n) is 15.2. The highest BCUT2D eigenvalue weighted by molar-refractivity contribution is 6.30. The van der Waals surface area contributed by atoms with Gasteiger partial charge in [0.05, 0.1) is 10.8 Å². The summed E-state index contributed by atoms with van der Waals surface area (Å²) in [4.78, 5) is 11.9. The molecule has 7 heteroatoms. The van der Waals surface area contributed by atoms with Crippen molar-refractivity contribution in [3.8, 4) is 5.75 Å². The highest BCUT2D eigenvalue weighted by Gasteiger charge is 2.15. The number of carbonyl (C=O) groups excluding carboxylic acids is 1. The van der Waals surface area contributed by atoms with Crippen LogP contribution in [0.25, 0.3) is 0 Å². The van der Waals surface area contributed by atoms with E-state index in [1.54, 1.807) is 0 Å². The molecule has 0 fully saturated rings. The van der Waals surface area contributed by atoms with Crippen LogP contribution in [0.1, 0.15) is 12.0 Å². The van der Waals surface area contributed by atoms with Crippen LogP contribution >= 0.6 is 11.6 Å². The van der Waals surface area contributed by atoms with E-state index in [4.69, 9.17) is 21.1 Å². The number of aliphatic hydroxyl groups excluding tert-OH is 1. The lowest BCUT2D eigenvalue weighted by atomic mass is 10.2. The Hall–Kier alpha value is -2.83. The molecule has 0 spiro atoms. The average Bonchev–Trinajstić information content (AvgIpc) is 2.68. The molecule has 0 aliphatic heterocycles. The van der Waals surface area contributed by atoms with E-state index < -0.39 is 17.8 Å². The summed E-state index contributed by atoms with van der Waals surface area (Å²) >= 11 is 5.58. The number of halogens is 2. The van der Waals surface area contributed by atoms with Crippen molar-refractivity contribution in [3.05, 3.63) is 89.5 Å². The van der Waals surface area contributed by atoms with Gasteiger partial charge in [-0.3, -0.25) is 4.79 Å². The molecule has 0 bridgehead atoms. The smallest absolute Gasteiger partial charge is 0.262 e. The molecule has 1 amide bonds. The molecular weight excluding hydrogens is 385 g/mol. The molecule has 5 nitrogen and oxygen atoms in total. The first kappa shape index (κ1) is 21.5. The average molecular weight is 406 g/mol. The van der Waals surface area contributed by atoms with Gasteiger partial charge in [0, 0.05) is 18.2 Å². The predicted octanol–water partition coefficient (Wildman–Crippen LogP) is 3.97. The number of aliphatic hydroxyl groups is 1. The summed E-state index contributed by atoms with van der Waals surface area (Å²) in [6.07, 6.45) is -0.991. The minimum absolute atomic E-state index is 0.0389. The largest absolute Gasteiger partial charge is 0.494 e. The maximum absolute atomic E-state index is 13.3. The van der Waals surface area contributed by atoms with Gasteiger partial charge in [-0.05, 0) is 17.7 Å². The molecule has 0 aliphatic carbocycles. The van der Waals surface area contributed by atoms with Gasteiger partial charge in [0.2, 0.25) is 0 Å². The van der Waals surface area contributed by atoms with E-state index in [0.29, 0.717) is 12.4 Å². The predicted molar refractivity (Wildman–Crippen MR) is 105 cm³/mol. The zero-order chi connectivity index (χ0) is 20.5. The van der Waals surface area contributed by atoms with Gasteiger partial charge >= 0.3 is 0 Å². The number of hydrogen-bond donors (Lipinski definition) is 2. The SMILES string of the molecule is C=C(CC(O)C(=C)NC(=O)COc1ccc(Cl)c(F)c1)OCc1ccccc1. The molecule has 2 N–H and O–H groups in total. The molecule has 0 saturated carbocycles. The van der Waals surface area contributed by atoms with Crippen molar-refractivity contribution in [2.24, 2.45) is 0 Å². The van der Waals surface area contributed by atoms with Crippen LogP contribution in [0.4, 0.5) is 4.39 Å². The van der Waals surface area contributed by atoms with E-state index in [2.05, 4.69) is 18.5 Å². The van der Waals surface area contributed by atoms with Gasteiger partial charge in [0.25, 0.3) is 5.91 Å². The summed E-state index contributed by atoms with van der Waals surface area (Å²) in [5.41, 5.74) is 1.06. The molecule has 28 heavy (non-hydrogen) atoms. The number of nitrogens with one attached hydrogen (secondary N) is 1. The van der Waals surface area contributed by atoms with E-state index in [1.165, 1.54) is 12.1 Å². The van der Waals surface area contributed by atoms with Crippen LogP contribution in [0.3, 0.4) is 0 Å². The van der Waals surface area contributed by atoms with Crippen LogP contribution in [0, 0.1) is 5.82 Å². The molecule has 0 radical (unpaired) electrons. The lowest BCUT2D eigenvalue weighted by molar-refractivity contribution is -0.122. The maximum Gasteiger partial charge on any atom is 0.262 e. The van der Waals surface area contributed by atoms with Crippen molar-refractivity contribution in [3.63, 3.8) is 0 Å².